The fraction of sp³-hybridized carbons (Fsp3) is 0.286. The zero-order valence-corrected chi connectivity index (χ0v) is 15.7. The molecule has 3 aromatic rings. The fourth-order valence-corrected chi connectivity index (χ4v) is 4.04. The van der Waals surface area contributed by atoms with Crippen LogP contribution >= 0.6 is 11.3 Å². The van der Waals surface area contributed by atoms with Crippen molar-refractivity contribution in [2.24, 2.45) is 0 Å². The third kappa shape index (κ3) is 4.34. The fourth-order valence-electron chi connectivity index (χ4n) is 3.29. The molecular weight excluding hydrogens is 358 g/mol. The van der Waals surface area contributed by atoms with Gasteiger partial charge in [-0.3, -0.25) is 14.8 Å². The Balaban J connectivity index is 1.29. The average molecular weight is 379 g/mol. The van der Waals surface area contributed by atoms with Gasteiger partial charge < -0.3 is 10.1 Å². The number of hydrogen-bond acceptors (Lipinski definition) is 5. The number of para-hydroxylation sites is 1. The van der Waals surface area contributed by atoms with Gasteiger partial charge in [-0.25, -0.2) is 0 Å². The first-order valence-electron chi connectivity index (χ1n) is 9.13. The summed E-state index contributed by atoms with van der Waals surface area (Å²) in [4.78, 5) is 21.9. The number of benzene rings is 1. The molecule has 1 aromatic carbocycles. The maximum atomic E-state index is 12.1. The second-order valence-electron chi connectivity index (χ2n) is 6.57. The quantitative estimate of drug-likeness (QED) is 0.681. The number of carbonyl (C=O) groups excluding carboxylic acids is 1. The number of rotatable bonds is 7. The number of carbonyl (C=O) groups is 1. The smallest absolute Gasteiger partial charge is 0.220 e. The molecule has 6 heteroatoms. The van der Waals surface area contributed by atoms with Gasteiger partial charge in [0.2, 0.25) is 5.91 Å². The summed E-state index contributed by atoms with van der Waals surface area (Å²) in [6, 6.07) is 10.2. The summed E-state index contributed by atoms with van der Waals surface area (Å²) >= 11 is 1.74. The Hall–Kier alpha value is -2.73. The van der Waals surface area contributed by atoms with E-state index in [0.717, 1.165) is 41.8 Å². The molecule has 0 bridgehead atoms. The van der Waals surface area contributed by atoms with E-state index in [-0.39, 0.29) is 12.0 Å². The lowest BCUT2D eigenvalue weighted by molar-refractivity contribution is -0.121. The molecule has 1 N–H and O–H groups in total. The SMILES string of the molecule is O=C(CCCc1cccs1)NCC1Cc2cccc(-c3cnccn3)c2O1. The Labute approximate surface area is 162 Å². The Bertz CT molecular complexity index is 897. The summed E-state index contributed by atoms with van der Waals surface area (Å²) in [5.74, 6) is 0.940. The first-order chi connectivity index (χ1) is 13.3. The van der Waals surface area contributed by atoms with Gasteiger partial charge >= 0.3 is 0 Å². The van der Waals surface area contributed by atoms with Crippen molar-refractivity contribution in [1.82, 2.24) is 15.3 Å². The van der Waals surface area contributed by atoms with E-state index in [1.165, 1.54) is 4.88 Å². The van der Waals surface area contributed by atoms with Crippen LogP contribution in [0.4, 0.5) is 0 Å². The molecule has 2 aromatic heterocycles. The molecule has 0 saturated carbocycles. The number of nitrogens with one attached hydrogen (secondary N) is 1. The Morgan fingerprint density at radius 3 is 3.04 bits per heavy atom. The summed E-state index contributed by atoms with van der Waals surface area (Å²) in [5, 5.41) is 5.08. The van der Waals surface area contributed by atoms with Crippen LogP contribution < -0.4 is 10.1 Å². The van der Waals surface area contributed by atoms with Gasteiger partial charge in [-0.05, 0) is 35.9 Å². The van der Waals surface area contributed by atoms with Crippen molar-refractivity contribution in [2.75, 3.05) is 6.54 Å². The van der Waals surface area contributed by atoms with Gasteiger partial charge in [0.25, 0.3) is 0 Å². The Morgan fingerprint density at radius 1 is 1.26 bits per heavy atom. The minimum absolute atomic E-state index is 0.0425. The van der Waals surface area contributed by atoms with E-state index < -0.39 is 0 Å². The number of aromatic nitrogens is 2. The molecule has 1 aliphatic heterocycles. The molecule has 1 aliphatic rings. The summed E-state index contributed by atoms with van der Waals surface area (Å²) in [6.07, 6.45) is 8.19. The third-order valence-corrected chi connectivity index (χ3v) is 5.54. The molecule has 1 unspecified atom stereocenters. The van der Waals surface area contributed by atoms with Crippen LogP contribution in [-0.4, -0.2) is 28.5 Å². The van der Waals surface area contributed by atoms with Crippen molar-refractivity contribution in [3.8, 4) is 17.0 Å². The Morgan fingerprint density at radius 2 is 2.22 bits per heavy atom. The van der Waals surface area contributed by atoms with Crippen LogP contribution in [0.1, 0.15) is 23.3 Å². The molecule has 0 aliphatic carbocycles. The zero-order chi connectivity index (χ0) is 18.5. The monoisotopic (exact) mass is 379 g/mol. The standard InChI is InChI=1S/C21H21N3O2S/c25-20(8-2-5-17-6-3-11-27-17)24-13-16-12-15-4-1-7-18(21(15)26-16)19-14-22-9-10-23-19/h1,3-4,6-7,9-11,14,16H,2,5,8,12-13H2,(H,24,25). The number of aryl methyl sites for hydroxylation is 1. The van der Waals surface area contributed by atoms with E-state index in [2.05, 4.69) is 32.8 Å². The lowest BCUT2D eigenvalue weighted by Gasteiger charge is -2.13. The maximum absolute atomic E-state index is 12.1. The molecule has 3 heterocycles. The number of amides is 1. The molecule has 0 radical (unpaired) electrons. The van der Waals surface area contributed by atoms with Gasteiger partial charge in [-0.2, -0.15) is 0 Å². The highest BCUT2D eigenvalue weighted by Gasteiger charge is 2.26. The molecule has 27 heavy (non-hydrogen) atoms. The van der Waals surface area contributed by atoms with Crippen LogP contribution in [0.15, 0.2) is 54.3 Å². The molecular formula is C21H21N3O2S. The van der Waals surface area contributed by atoms with Crippen molar-refractivity contribution in [3.05, 3.63) is 64.7 Å². The topological polar surface area (TPSA) is 64.1 Å². The van der Waals surface area contributed by atoms with Crippen molar-refractivity contribution >= 4 is 17.2 Å². The van der Waals surface area contributed by atoms with Gasteiger partial charge in [-0.15, -0.1) is 11.3 Å². The third-order valence-electron chi connectivity index (χ3n) is 4.60. The second kappa shape index (κ2) is 8.31. The molecule has 0 spiro atoms. The number of nitrogens with zero attached hydrogens (tertiary/aromatic N) is 2. The molecule has 1 amide bonds. The van der Waals surface area contributed by atoms with Gasteiger partial charge in [0.1, 0.15) is 11.9 Å². The van der Waals surface area contributed by atoms with Crippen LogP contribution in [0.3, 0.4) is 0 Å². The minimum Gasteiger partial charge on any atom is -0.487 e. The van der Waals surface area contributed by atoms with E-state index in [9.17, 15) is 4.79 Å². The number of fused-ring (bicyclic) bond motifs is 1. The van der Waals surface area contributed by atoms with Crippen LogP contribution in [0, 0.1) is 0 Å². The van der Waals surface area contributed by atoms with E-state index in [4.69, 9.17) is 4.74 Å². The van der Waals surface area contributed by atoms with Crippen molar-refractivity contribution in [1.29, 1.82) is 0 Å². The molecule has 138 valence electrons. The molecule has 0 saturated heterocycles. The van der Waals surface area contributed by atoms with Crippen LogP contribution in [0.5, 0.6) is 5.75 Å². The second-order valence-corrected chi connectivity index (χ2v) is 7.60. The van der Waals surface area contributed by atoms with E-state index in [1.54, 1.807) is 29.9 Å². The predicted molar refractivity (Wildman–Crippen MR) is 106 cm³/mol. The molecule has 4 rings (SSSR count). The van der Waals surface area contributed by atoms with Gasteiger partial charge in [0, 0.05) is 35.7 Å². The molecule has 5 nitrogen and oxygen atoms in total. The van der Waals surface area contributed by atoms with Crippen molar-refractivity contribution in [2.45, 2.75) is 31.8 Å². The largest absolute Gasteiger partial charge is 0.487 e. The van der Waals surface area contributed by atoms with Crippen LogP contribution in [-0.2, 0) is 17.6 Å². The highest BCUT2D eigenvalue weighted by atomic mass is 32.1. The first-order valence-corrected chi connectivity index (χ1v) is 10.0. The molecule has 1 atom stereocenters. The number of hydrogen-bond donors (Lipinski definition) is 1. The van der Waals surface area contributed by atoms with Crippen LogP contribution in [0.25, 0.3) is 11.3 Å². The highest BCUT2D eigenvalue weighted by Crippen LogP contribution is 2.37. The van der Waals surface area contributed by atoms with E-state index in [0.29, 0.717) is 13.0 Å². The summed E-state index contributed by atoms with van der Waals surface area (Å²) in [6.45, 7) is 0.520. The van der Waals surface area contributed by atoms with Crippen molar-refractivity contribution in [3.63, 3.8) is 0 Å². The van der Waals surface area contributed by atoms with Gasteiger partial charge in [-0.1, -0.05) is 18.2 Å². The van der Waals surface area contributed by atoms with Gasteiger partial charge in [0.15, 0.2) is 0 Å². The number of ether oxygens (including phenoxy) is 1. The lowest BCUT2D eigenvalue weighted by Crippen LogP contribution is -2.34. The van der Waals surface area contributed by atoms with Gasteiger partial charge in [0.05, 0.1) is 18.4 Å². The van der Waals surface area contributed by atoms with E-state index >= 15 is 0 Å². The summed E-state index contributed by atoms with van der Waals surface area (Å²) < 4.78 is 6.13. The first kappa shape index (κ1) is 17.7. The average Bonchev–Trinajstić information content (AvgIpc) is 3.36. The lowest BCUT2D eigenvalue weighted by atomic mass is 10.0. The zero-order valence-electron chi connectivity index (χ0n) is 14.9. The predicted octanol–water partition coefficient (Wildman–Crippen LogP) is 3.65. The highest BCUT2D eigenvalue weighted by molar-refractivity contribution is 7.09. The summed E-state index contributed by atoms with van der Waals surface area (Å²) in [7, 11) is 0. The minimum atomic E-state index is -0.0425. The van der Waals surface area contributed by atoms with Crippen LogP contribution in [0.2, 0.25) is 0 Å². The molecule has 0 fully saturated rings. The van der Waals surface area contributed by atoms with E-state index in [1.807, 2.05) is 18.2 Å². The summed E-state index contributed by atoms with van der Waals surface area (Å²) in [5.41, 5.74) is 2.90. The normalized spacial score (nSPS) is 15.2. The van der Waals surface area contributed by atoms with Crippen molar-refractivity contribution < 1.29 is 9.53 Å². The number of thiophene rings is 1. The maximum Gasteiger partial charge on any atom is 0.220 e. The Kier molecular flexibility index (Phi) is 5.44.